The van der Waals surface area contributed by atoms with Gasteiger partial charge in [-0.15, -0.1) is 0 Å². The number of ether oxygens (including phenoxy) is 1. The van der Waals surface area contributed by atoms with Crippen LogP contribution < -0.4 is 5.32 Å². The number of amides is 1. The molecule has 0 spiro atoms. The fourth-order valence-corrected chi connectivity index (χ4v) is 2.00. The minimum absolute atomic E-state index is 0.0870. The minimum atomic E-state index is -4.57. The number of nitrogens with one attached hydrogen (secondary N) is 1. The molecule has 0 aliphatic rings. The average Bonchev–Trinajstić information content (AvgIpc) is 2.36. The summed E-state index contributed by atoms with van der Waals surface area (Å²) in [6.45, 7) is 4.48. The van der Waals surface area contributed by atoms with E-state index in [1.54, 1.807) is 0 Å². The Bertz CT molecular complexity index is 490. The Kier molecular flexibility index (Phi) is 6.67. The molecule has 0 aliphatic carbocycles. The molecule has 0 saturated heterocycles. The third-order valence-corrected chi connectivity index (χ3v) is 3.08. The molecule has 0 heterocycles. The molecule has 1 N–H and O–H groups in total. The molecule has 21 heavy (non-hydrogen) atoms. The number of carbonyl (C=O) groups excluding carboxylic acids is 1. The molecule has 0 saturated carbocycles. The number of hydrogen-bond donors (Lipinski definition) is 1. The number of halogens is 4. The van der Waals surface area contributed by atoms with Crippen LogP contribution in [0.2, 0.25) is 0 Å². The van der Waals surface area contributed by atoms with Crippen LogP contribution in [0, 0.1) is 0 Å². The van der Waals surface area contributed by atoms with Gasteiger partial charge >= 0.3 is 6.18 Å². The van der Waals surface area contributed by atoms with E-state index in [1.807, 2.05) is 13.8 Å². The lowest BCUT2D eigenvalue weighted by molar-refractivity contribution is -0.138. The molecule has 1 amide bonds. The first-order valence-corrected chi connectivity index (χ1v) is 7.27. The summed E-state index contributed by atoms with van der Waals surface area (Å²) < 4.78 is 44.3. The van der Waals surface area contributed by atoms with E-state index in [1.165, 1.54) is 6.07 Å². The maximum absolute atomic E-state index is 12.9. The monoisotopic (exact) mass is 367 g/mol. The minimum Gasteiger partial charge on any atom is -0.379 e. The van der Waals surface area contributed by atoms with E-state index in [-0.39, 0.29) is 22.7 Å². The first kappa shape index (κ1) is 18.0. The van der Waals surface area contributed by atoms with Crippen LogP contribution in [0.4, 0.5) is 13.2 Å². The summed E-state index contributed by atoms with van der Waals surface area (Å²) in [4.78, 5) is 11.9. The van der Waals surface area contributed by atoms with E-state index in [0.717, 1.165) is 12.1 Å². The van der Waals surface area contributed by atoms with Gasteiger partial charge in [0.1, 0.15) is 0 Å². The fourth-order valence-electron chi connectivity index (χ4n) is 1.64. The van der Waals surface area contributed by atoms with Gasteiger partial charge in [0, 0.05) is 17.6 Å². The van der Waals surface area contributed by atoms with Gasteiger partial charge < -0.3 is 10.1 Å². The summed E-state index contributed by atoms with van der Waals surface area (Å²) in [5, 5.41) is 2.47. The van der Waals surface area contributed by atoms with Crippen LogP contribution in [0.1, 0.15) is 36.2 Å². The molecule has 0 unspecified atom stereocenters. The zero-order chi connectivity index (χ0) is 16.0. The summed E-state index contributed by atoms with van der Waals surface area (Å²) in [5.41, 5.74) is -1.33. The van der Waals surface area contributed by atoms with Crippen LogP contribution in [0.15, 0.2) is 22.7 Å². The van der Waals surface area contributed by atoms with E-state index in [2.05, 4.69) is 21.2 Å². The summed E-state index contributed by atoms with van der Waals surface area (Å²) in [5.74, 6) is -0.737. The van der Waals surface area contributed by atoms with Crippen LogP contribution >= 0.6 is 15.9 Å². The summed E-state index contributed by atoms with van der Waals surface area (Å²) in [6.07, 6.45) is -3.94. The van der Waals surface area contributed by atoms with Crippen molar-refractivity contribution in [3.63, 3.8) is 0 Å². The van der Waals surface area contributed by atoms with Crippen LogP contribution in [0.5, 0.6) is 0 Å². The summed E-state index contributed by atoms with van der Waals surface area (Å²) >= 11 is 2.98. The Balaban J connectivity index is 2.66. The smallest absolute Gasteiger partial charge is 0.379 e. The third kappa shape index (κ3) is 6.05. The highest BCUT2D eigenvalue weighted by Gasteiger charge is 2.35. The molecule has 0 radical (unpaired) electrons. The lowest BCUT2D eigenvalue weighted by Gasteiger charge is -2.13. The van der Waals surface area contributed by atoms with Gasteiger partial charge in [0.25, 0.3) is 5.91 Å². The van der Waals surface area contributed by atoms with Gasteiger partial charge in [-0.25, -0.2) is 0 Å². The zero-order valence-electron chi connectivity index (χ0n) is 11.8. The van der Waals surface area contributed by atoms with Crippen molar-refractivity contribution >= 4 is 21.8 Å². The molecule has 1 aromatic rings. The van der Waals surface area contributed by atoms with E-state index >= 15 is 0 Å². The molecule has 118 valence electrons. The maximum atomic E-state index is 12.9. The van der Waals surface area contributed by atoms with Crippen LogP contribution in [-0.4, -0.2) is 25.2 Å². The van der Waals surface area contributed by atoms with Crippen molar-refractivity contribution in [1.29, 1.82) is 0 Å². The van der Waals surface area contributed by atoms with Crippen LogP contribution in [0.3, 0.4) is 0 Å². The van der Waals surface area contributed by atoms with Gasteiger partial charge in [-0.05, 0) is 38.5 Å². The van der Waals surface area contributed by atoms with E-state index < -0.39 is 17.6 Å². The number of benzene rings is 1. The van der Waals surface area contributed by atoms with Crippen molar-refractivity contribution < 1.29 is 22.7 Å². The summed E-state index contributed by atoms with van der Waals surface area (Å²) in [6, 6.07) is 3.47. The second-order valence-corrected chi connectivity index (χ2v) is 5.63. The lowest BCUT2D eigenvalue weighted by Crippen LogP contribution is -2.28. The molecule has 0 atom stereocenters. The van der Waals surface area contributed by atoms with Crippen molar-refractivity contribution in [3.8, 4) is 0 Å². The van der Waals surface area contributed by atoms with Crippen molar-refractivity contribution in [1.82, 2.24) is 5.32 Å². The average molecular weight is 368 g/mol. The highest BCUT2D eigenvalue weighted by molar-refractivity contribution is 9.10. The predicted molar refractivity (Wildman–Crippen MR) is 77.2 cm³/mol. The fraction of sp³-hybridized carbons (Fsp3) is 0.500. The molecule has 0 fully saturated rings. The van der Waals surface area contributed by atoms with Gasteiger partial charge in [0.15, 0.2) is 0 Å². The zero-order valence-corrected chi connectivity index (χ0v) is 13.3. The number of hydrogen-bond acceptors (Lipinski definition) is 2. The Hall–Kier alpha value is -1.08. The highest BCUT2D eigenvalue weighted by Crippen LogP contribution is 2.33. The second kappa shape index (κ2) is 7.79. The first-order valence-electron chi connectivity index (χ1n) is 6.48. The SMILES string of the molecule is CC(C)OCCCNC(=O)c1ccc(Br)cc1C(F)(F)F. The Labute approximate surface area is 130 Å². The van der Waals surface area contributed by atoms with Crippen LogP contribution in [0.25, 0.3) is 0 Å². The molecule has 7 heteroatoms. The van der Waals surface area contributed by atoms with Gasteiger partial charge in [-0.3, -0.25) is 4.79 Å². The normalized spacial score (nSPS) is 11.8. The first-order chi connectivity index (χ1) is 9.71. The van der Waals surface area contributed by atoms with Crippen molar-refractivity contribution in [2.75, 3.05) is 13.2 Å². The van der Waals surface area contributed by atoms with Gasteiger partial charge in [0.2, 0.25) is 0 Å². The number of alkyl halides is 3. The quantitative estimate of drug-likeness (QED) is 0.771. The van der Waals surface area contributed by atoms with Crippen molar-refractivity contribution in [2.45, 2.75) is 32.5 Å². The Morgan fingerprint density at radius 3 is 2.62 bits per heavy atom. The standard InChI is InChI=1S/C14H17BrF3NO2/c1-9(2)21-7-3-6-19-13(20)11-5-4-10(15)8-12(11)14(16,17)18/h4-5,8-9H,3,6-7H2,1-2H3,(H,19,20). The molecule has 0 bridgehead atoms. The van der Waals surface area contributed by atoms with Crippen molar-refractivity contribution in [3.05, 3.63) is 33.8 Å². The molecule has 0 aliphatic heterocycles. The maximum Gasteiger partial charge on any atom is 0.417 e. The largest absolute Gasteiger partial charge is 0.417 e. The van der Waals surface area contributed by atoms with E-state index in [0.29, 0.717) is 13.0 Å². The lowest BCUT2D eigenvalue weighted by atomic mass is 10.1. The van der Waals surface area contributed by atoms with E-state index in [9.17, 15) is 18.0 Å². The van der Waals surface area contributed by atoms with Gasteiger partial charge in [-0.2, -0.15) is 13.2 Å². The van der Waals surface area contributed by atoms with Crippen molar-refractivity contribution in [2.24, 2.45) is 0 Å². The number of carbonyl (C=O) groups is 1. The molecule has 3 nitrogen and oxygen atoms in total. The molecule has 1 aromatic carbocycles. The van der Waals surface area contributed by atoms with Gasteiger partial charge in [-0.1, -0.05) is 15.9 Å². The van der Waals surface area contributed by atoms with Gasteiger partial charge in [0.05, 0.1) is 17.2 Å². The molecular weight excluding hydrogens is 351 g/mol. The molecule has 1 rings (SSSR count). The highest BCUT2D eigenvalue weighted by atomic mass is 79.9. The van der Waals surface area contributed by atoms with E-state index in [4.69, 9.17) is 4.74 Å². The molecule has 0 aromatic heterocycles. The number of rotatable bonds is 6. The summed E-state index contributed by atoms with van der Waals surface area (Å²) in [7, 11) is 0. The predicted octanol–water partition coefficient (Wildman–Crippen LogP) is 4.01. The van der Waals surface area contributed by atoms with Crippen LogP contribution in [-0.2, 0) is 10.9 Å². The topological polar surface area (TPSA) is 38.3 Å². The Morgan fingerprint density at radius 1 is 1.38 bits per heavy atom. The molecular formula is C14H17BrF3NO2. The third-order valence-electron chi connectivity index (χ3n) is 2.59. The second-order valence-electron chi connectivity index (χ2n) is 4.72. The Morgan fingerprint density at radius 2 is 2.05 bits per heavy atom.